The van der Waals surface area contributed by atoms with Gasteiger partial charge in [0, 0.05) is 23.7 Å². The number of carbonyl (C=O) groups excluding carboxylic acids is 2. The first-order valence-corrected chi connectivity index (χ1v) is 11.2. The summed E-state index contributed by atoms with van der Waals surface area (Å²) in [6, 6.07) is 6.44. The number of benzene rings is 1. The molecule has 31 heavy (non-hydrogen) atoms. The SMILES string of the molecule is C=CCn1c(SCC(=O)Nc2nccs2)nnc1C(C)NC(=O)c1ccc(OC)cc1. The first-order chi connectivity index (χ1) is 15.0. The van der Waals surface area contributed by atoms with E-state index in [4.69, 9.17) is 4.74 Å². The van der Waals surface area contributed by atoms with Gasteiger partial charge in [0.05, 0.1) is 18.9 Å². The molecule has 162 valence electrons. The van der Waals surface area contributed by atoms with Crippen LogP contribution in [0, 0.1) is 0 Å². The topological polar surface area (TPSA) is 111 Å². The standard InChI is InChI=1S/C20H22N6O3S2/c1-4-10-26-17(13(2)22-18(28)14-5-7-15(29-3)8-6-14)24-25-20(26)31-12-16(27)23-19-21-9-11-30-19/h4-9,11,13H,1,10,12H2,2-3H3,(H,22,28)(H,21,23,27). The predicted octanol–water partition coefficient (Wildman–Crippen LogP) is 3.15. The van der Waals surface area contributed by atoms with Gasteiger partial charge in [0.15, 0.2) is 16.1 Å². The van der Waals surface area contributed by atoms with Crippen molar-refractivity contribution in [2.75, 3.05) is 18.2 Å². The number of allylic oxidation sites excluding steroid dienone is 1. The Morgan fingerprint density at radius 1 is 1.32 bits per heavy atom. The average Bonchev–Trinajstić information content (AvgIpc) is 3.42. The van der Waals surface area contributed by atoms with Crippen molar-refractivity contribution >= 4 is 40.0 Å². The maximum Gasteiger partial charge on any atom is 0.251 e. The Kier molecular flexibility index (Phi) is 7.79. The molecule has 0 aliphatic carbocycles. The van der Waals surface area contributed by atoms with E-state index in [1.807, 2.05) is 11.5 Å². The molecule has 11 heteroatoms. The van der Waals surface area contributed by atoms with Gasteiger partial charge < -0.3 is 19.9 Å². The highest BCUT2D eigenvalue weighted by molar-refractivity contribution is 7.99. The zero-order valence-electron chi connectivity index (χ0n) is 17.1. The number of methoxy groups -OCH3 is 1. The molecule has 3 rings (SSSR count). The summed E-state index contributed by atoms with van der Waals surface area (Å²) in [6.45, 7) is 6.05. The Morgan fingerprint density at radius 3 is 2.74 bits per heavy atom. The summed E-state index contributed by atoms with van der Waals surface area (Å²) in [5.41, 5.74) is 0.510. The molecule has 0 bridgehead atoms. The highest BCUT2D eigenvalue weighted by Crippen LogP contribution is 2.22. The van der Waals surface area contributed by atoms with Crippen molar-refractivity contribution in [1.29, 1.82) is 0 Å². The fraction of sp³-hybridized carbons (Fsp3) is 0.250. The van der Waals surface area contributed by atoms with E-state index in [2.05, 4.69) is 32.4 Å². The molecule has 1 atom stereocenters. The Bertz CT molecular complexity index is 1030. The lowest BCUT2D eigenvalue weighted by Crippen LogP contribution is -2.28. The number of carbonyl (C=O) groups is 2. The molecule has 0 spiro atoms. The van der Waals surface area contributed by atoms with Crippen molar-refractivity contribution in [3.8, 4) is 5.75 Å². The summed E-state index contributed by atoms with van der Waals surface area (Å²) in [4.78, 5) is 28.7. The molecule has 0 saturated carbocycles. The smallest absolute Gasteiger partial charge is 0.251 e. The summed E-state index contributed by atoms with van der Waals surface area (Å²) in [5, 5.41) is 17.0. The molecule has 2 N–H and O–H groups in total. The van der Waals surface area contributed by atoms with E-state index in [1.165, 1.54) is 23.1 Å². The average molecular weight is 459 g/mol. The number of rotatable bonds is 10. The molecule has 0 fully saturated rings. The van der Waals surface area contributed by atoms with Gasteiger partial charge >= 0.3 is 0 Å². The number of nitrogens with zero attached hydrogens (tertiary/aromatic N) is 4. The van der Waals surface area contributed by atoms with Crippen LogP contribution in [-0.4, -0.2) is 44.4 Å². The second kappa shape index (κ2) is 10.7. The van der Waals surface area contributed by atoms with Gasteiger partial charge in [-0.15, -0.1) is 28.1 Å². The molecule has 0 radical (unpaired) electrons. The fourth-order valence-electron chi connectivity index (χ4n) is 2.69. The minimum absolute atomic E-state index is 0.154. The van der Waals surface area contributed by atoms with Crippen LogP contribution in [-0.2, 0) is 11.3 Å². The second-order valence-corrected chi connectivity index (χ2v) is 8.17. The Balaban J connectivity index is 1.65. The molecule has 2 aromatic heterocycles. The Labute approximate surface area is 187 Å². The summed E-state index contributed by atoms with van der Waals surface area (Å²) >= 11 is 2.61. The first kappa shape index (κ1) is 22.5. The summed E-state index contributed by atoms with van der Waals surface area (Å²) in [6.07, 6.45) is 3.34. The van der Waals surface area contributed by atoms with Crippen molar-refractivity contribution in [1.82, 2.24) is 25.1 Å². The molecule has 0 aliphatic rings. The van der Waals surface area contributed by atoms with Crippen molar-refractivity contribution in [3.05, 3.63) is 59.9 Å². The van der Waals surface area contributed by atoms with E-state index in [1.54, 1.807) is 49.0 Å². The molecule has 0 aliphatic heterocycles. The lowest BCUT2D eigenvalue weighted by Gasteiger charge is -2.15. The number of nitrogens with one attached hydrogen (secondary N) is 2. The van der Waals surface area contributed by atoms with Crippen molar-refractivity contribution < 1.29 is 14.3 Å². The third-order valence-electron chi connectivity index (χ3n) is 4.16. The van der Waals surface area contributed by atoms with Crippen LogP contribution >= 0.6 is 23.1 Å². The largest absolute Gasteiger partial charge is 0.497 e. The zero-order chi connectivity index (χ0) is 22.2. The summed E-state index contributed by atoms with van der Waals surface area (Å²) < 4.78 is 6.94. The number of ether oxygens (including phenoxy) is 1. The van der Waals surface area contributed by atoms with Crippen molar-refractivity contribution in [2.24, 2.45) is 0 Å². The number of amides is 2. The predicted molar refractivity (Wildman–Crippen MR) is 121 cm³/mol. The number of aromatic nitrogens is 4. The molecule has 1 unspecified atom stereocenters. The molecule has 1 aromatic carbocycles. The van der Waals surface area contributed by atoms with E-state index < -0.39 is 6.04 Å². The monoisotopic (exact) mass is 458 g/mol. The van der Waals surface area contributed by atoms with Crippen molar-refractivity contribution in [2.45, 2.75) is 24.7 Å². The van der Waals surface area contributed by atoms with Crippen LogP contribution < -0.4 is 15.4 Å². The zero-order valence-corrected chi connectivity index (χ0v) is 18.7. The van der Waals surface area contributed by atoms with Crippen LogP contribution in [0.4, 0.5) is 5.13 Å². The number of hydrogen-bond acceptors (Lipinski definition) is 8. The molecule has 0 saturated heterocycles. The normalized spacial score (nSPS) is 11.5. The van der Waals surface area contributed by atoms with Crippen LogP contribution in [0.5, 0.6) is 5.75 Å². The molecular weight excluding hydrogens is 436 g/mol. The maximum atomic E-state index is 12.6. The second-order valence-electron chi connectivity index (χ2n) is 6.34. The van der Waals surface area contributed by atoms with Gasteiger partial charge in [-0.1, -0.05) is 17.8 Å². The lowest BCUT2D eigenvalue weighted by atomic mass is 10.2. The Hall–Kier alpha value is -3.18. The summed E-state index contributed by atoms with van der Waals surface area (Å²) in [5.74, 6) is 0.984. The van der Waals surface area contributed by atoms with Gasteiger partial charge in [-0.25, -0.2) is 4.98 Å². The molecule has 2 amide bonds. The van der Waals surface area contributed by atoms with Gasteiger partial charge in [0.1, 0.15) is 5.75 Å². The van der Waals surface area contributed by atoms with E-state index in [0.29, 0.717) is 34.0 Å². The number of thiazole rings is 1. The summed E-state index contributed by atoms with van der Waals surface area (Å²) in [7, 11) is 1.57. The van der Waals surface area contributed by atoms with E-state index in [9.17, 15) is 9.59 Å². The third-order valence-corrected chi connectivity index (χ3v) is 5.81. The number of thioether (sulfide) groups is 1. The van der Waals surface area contributed by atoms with Crippen LogP contribution in [0.25, 0.3) is 0 Å². The lowest BCUT2D eigenvalue weighted by molar-refractivity contribution is -0.113. The minimum Gasteiger partial charge on any atom is -0.497 e. The molecule has 9 nitrogen and oxygen atoms in total. The van der Waals surface area contributed by atoms with E-state index in [-0.39, 0.29) is 17.6 Å². The van der Waals surface area contributed by atoms with E-state index in [0.717, 1.165) is 0 Å². The molecule has 3 aromatic rings. The van der Waals surface area contributed by atoms with Gasteiger partial charge in [-0.05, 0) is 31.2 Å². The minimum atomic E-state index is -0.402. The number of anilines is 1. The van der Waals surface area contributed by atoms with Crippen molar-refractivity contribution in [3.63, 3.8) is 0 Å². The Morgan fingerprint density at radius 2 is 2.10 bits per heavy atom. The van der Waals surface area contributed by atoms with Crippen LogP contribution in [0.15, 0.2) is 53.7 Å². The fourth-order valence-corrected chi connectivity index (χ4v) is 3.99. The third kappa shape index (κ3) is 5.92. The first-order valence-electron chi connectivity index (χ1n) is 9.33. The number of hydrogen-bond donors (Lipinski definition) is 2. The molecule has 2 heterocycles. The van der Waals surface area contributed by atoms with Crippen LogP contribution in [0.1, 0.15) is 29.1 Å². The highest BCUT2D eigenvalue weighted by Gasteiger charge is 2.20. The van der Waals surface area contributed by atoms with Gasteiger partial charge in [-0.3, -0.25) is 9.59 Å². The van der Waals surface area contributed by atoms with E-state index >= 15 is 0 Å². The highest BCUT2D eigenvalue weighted by atomic mass is 32.2. The van der Waals surface area contributed by atoms with Crippen LogP contribution in [0.2, 0.25) is 0 Å². The molecular formula is C20H22N6O3S2. The maximum absolute atomic E-state index is 12.6. The van der Waals surface area contributed by atoms with Gasteiger partial charge in [-0.2, -0.15) is 0 Å². The quantitative estimate of drug-likeness (QED) is 0.355. The van der Waals surface area contributed by atoms with Gasteiger partial charge in [0.25, 0.3) is 5.91 Å². The van der Waals surface area contributed by atoms with Gasteiger partial charge in [0.2, 0.25) is 5.91 Å². The van der Waals surface area contributed by atoms with Crippen LogP contribution in [0.3, 0.4) is 0 Å².